The summed E-state index contributed by atoms with van der Waals surface area (Å²) in [6.45, 7) is 29.8. The first kappa shape index (κ1) is 70.3. The number of H-pyrrole nitrogens is 3. The molecule has 3 aromatic heterocycles. The molecule has 11 atom stereocenters. The van der Waals surface area contributed by atoms with E-state index in [0.29, 0.717) is 49.5 Å². The maximum absolute atomic E-state index is 12.8. The molecule has 1 spiro atoms. The molecule has 9 heterocycles. The van der Waals surface area contributed by atoms with Crippen LogP contribution in [0.4, 0.5) is 0 Å². The molecule has 6 aliphatic rings. The predicted octanol–water partition coefficient (Wildman–Crippen LogP) is 5.41. The molecular formula is C55H98N6O17Si2. The Balaban J connectivity index is 0.000000327. The molecule has 9 rings (SSSR count). The molecule has 4 bridgehead atoms. The highest BCUT2D eigenvalue weighted by atomic mass is 28.5. The summed E-state index contributed by atoms with van der Waals surface area (Å²) in [5.41, 5.74) is -3.22. The van der Waals surface area contributed by atoms with Crippen molar-refractivity contribution in [2.75, 3.05) is 52.9 Å². The Labute approximate surface area is 473 Å². The van der Waals surface area contributed by atoms with Gasteiger partial charge >= 0.3 is 34.2 Å². The molecule has 458 valence electrons. The van der Waals surface area contributed by atoms with Crippen LogP contribution in [0, 0.1) is 50.4 Å². The number of hydrogen-bond donors (Lipinski definition) is 6. The van der Waals surface area contributed by atoms with Gasteiger partial charge in [-0.1, -0.05) is 106 Å². The largest absolute Gasteiger partial charge is 0.414 e. The summed E-state index contributed by atoms with van der Waals surface area (Å²) in [7, 11) is -5.57. The van der Waals surface area contributed by atoms with Crippen molar-refractivity contribution in [2.24, 2.45) is 29.6 Å². The zero-order valence-corrected chi connectivity index (χ0v) is 48.5. The molecule has 6 saturated heterocycles. The van der Waals surface area contributed by atoms with Gasteiger partial charge in [-0.15, -0.1) is 0 Å². The number of hydrogen-bond acceptors (Lipinski definition) is 17. The highest BCUT2D eigenvalue weighted by molar-refractivity contribution is 6.83. The average molecular weight is 1170 g/mol. The number of nitrogens with one attached hydrogen (secondary N) is 3. The van der Waals surface area contributed by atoms with E-state index in [1.165, 1.54) is 32.3 Å². The molecule has 0 amide bonds. The van der Waals surface area contributed by atoms with E-state index in [1.807, 2.05) is 20.8 Å². The van der Waals surface area contributed by atoms with Crippen molar-refractivity contribution in [2.45, 2.75) is 197 Å². The zero-order chi connectivity index (χ0) is 56.2. The van der Waals surface area contributed by atoms with E-state index in [4.69, 9.17) is 36.7 Å². The minimum absolute atomic E-state index is 0. The minimum atomic E-state index is -2.79. The van der Waals surface area contributed by atoms with Gasteiger partial charge in [-0.25, -0.2) is 14.4 Å². The van der Waals surface area contributed by atoms with Gasteiger partial charge in [0.25, 0.3) is 16.7 Å². The van der Waals surface area contributed by atoms with E-state index in [0.717, 1.165) is 0 Å². The Kier molecular flexibility index (Phi) is 23.5. The summed E-state index contributed by atoms with van der Waals surface area (Å²) < 4.78 is 54.8. The Morgan fingerprint density at radius 2 is 0.950 bits per heavy atom. The summed E-state index contributed by atoms with van der Waals surface area (Å²) in [5, 5.41) is 30.5. The second-order valence-corrected chi connectivity index (χ2v) is 32.0. The van der Waals surface area contributed by atoms with Gasteiger partial charge < -0.3 is 52.0 Å². The maximum Gasteiger partial charge on any atom is 0.334 e. The van der Waals surface area contributed by atoms with Gasteiger partial charge in [-0.05, 0) is 61.2 Å². The number of aromatic nitrogens is 6. The Morgan fingerprint density at radius 1 is 0.575 bits per heavy atom. The lowest BCUT2D eigenvalue weighted by Crippen LogP contribution is -2.66. The topological polar surface area (TPSA) is 299 Å². The molecule has 6 N–H and O–H groups in total. The third-order valence-corrected chi connectivity index (χ3v) is 27.5. The van der Waals surface area contributed by atoms with Gasteiger partial charge in [-0.3, -0.25) is 43.0 Å². The van der Waals surface area contributed by atoms with Gasteiger partial charge in [0.15, 0.2) is 0 Å². The number of aliphatic hydroxyl groups excluding tert-OH is 3. The van der Waals surface area contributed by atoms with E-state index < -0.39 is 92.5 Å². The molecule has 6 aliphatic heterocycles. The number of fused-ring (bicyclic) bond motifs is 4. The smallest absolute Gasteiger partial charge is 0.334 e. The number of aliphatic hydroxyl groups is 3. The fraction of sp³-hybridized carbons (Fsp3) is 0.782. The van der Waals surface area contributed by atoms with Crippen LogP contribution < -0.4 is 33.7 Å². The molecular weight excluding hydrogens is 1070 g/mol. The molecule has 80 heavy (non-hydrogen) atoms. The van der Waals surface area contributed by atoms with Crippen LogP contribution in [0.2, 0.25) is 22.2 Å². The van der Waals surface area contributed by atoms with Crippen molar-refractivity contribution in [1.82, 2.24) is 28.7 Å². The van der Waals surface area contributed by atoms with Gasteiger partial charge in [0.2, 0.25) is 0 Å². The molecule has 6 fully saturated rings. The van der Waals surface area contributed by atoms with Crippen LogP contribution in [0.15, 0.2) is 47.4 Å². The van der Waals surface area contributed by atoms with Gasteiger partial charge in [0.1, 0.15) is 35.5 Å². The number of nitrogens with zero attached hydrogens (tertiary/aromatic N) is 3. The zero-order valence-electron chi connectivity index (χ0n) is 46.5. The first-order valence-corrected chi connectivity index (χ1v) is 30.6. The summed E-state index contributed by atoms with van der Waals surface area (Å²) in [4.78, 5) is 78.5. The molecule has 0 radical (unpaired) electrons. The van der Waals surface area contributed by atoms with Crippen molar-refractivity contribution in [3.63, 3.8) is 0 Å². The lowest BCUT2D eigenvalue weighted by molar-refractivity contribution is -0.145. The van der Waals surface area contributed by atoms with Crippen LogP contribution in [0.5, 0.6) is 0 Å². The summed E-state index contributed by atoms with van der Waals surface area (Å²) in [6, 6.07) is 0. The van der Waals surface area contributed by atoms with Crippen molar-refractivity contribution in [3.8, 4) is 0 Å². The van der Waals surface area contributed by atoms with Crippen molar-refractivity contribution in [3.05, 3.63) is 97.8 Å². The monoisotopic (exact) mass is 1170 g/mol. The van der Waals surface area contributed by atoms with Gasteiger partial charge in [-0.2, -0.15) is 0 Å². The standard InChI is InChI=1S/C25H46N2O7Si2.2C13H18N2O5.4CH4/c1-15(2)35(16(3)4)31-13-25(14-32-36(34-35,17(5)6)18(7)8)20(10)21(12-28)23(33-25)27-11-19(9)22(29)26-24(27)30;1-7-3-15(12(18)14-10(7)17)11-9-4-19-6-13(5-16,20-11)8(9)2;1-3-13-6-19-5-8(9(13)16)11(20-13)15-4-7(2)10(17)14-12(15)18;;;;/h11,15-18,20-21,23,28H,12-14H2,1-10H3,(H,26,29,30);3,8-9,11,16H,4-6H2,1-2H3,(H,14,17,18);4,8-9,11,16H,3,5-6H2,1-2H3,(H,14,17,18);4*1H4/t20-,21?,23-;8-,9?,11-,13+;8?,9-,11-,13+;;;;/m111..../s1. The highest BCUT2D eigenvalue weighted by Crippen LogP contribution is 2.52. The molecule has 0 saturated carbocycles. The first-order chi connectivity index (χ1) is 35.6. The lowest BCUT2D eigenvalue weighted by atomic mass is 9.81. The van der Waals surface area contributed by atoms with Crippen LogP contribution in [0.1, 0.15) is 148 Å². The normalized spacial score (nSPS) is 30.6. The third-order valence-electron chi connectivity index (χ3n) is 17.3. The van der Waals surface area contributed by atoms with Crippen molar-refractivity contribution < 1.29 is 52.0 Å². The number of aryl methyl sites for hydroxylation is 3. The van der Waals surface area contributed by atoms with Crippen LogP contribution in [0.3, 0.4) is 0 Å². The van der Waals surface area contributed by atoms with Crippen LogP contribution in [-0.4, -0.2) is 137 Å². The summed E-state index contributed by atoms with van der Waals surface area (Å²) in [6.07, 6.45) is 2.51. The second-order valence-electron chi connectivity index (χ2n) is 23.1. The molecule has 0 aliphatic carbocycles. The predicted molar refractivity (Wildman–Crippen MR) is 309 cm³/mol. The molecule has 23 nitrogen and oxygen atoms in total. The fourth-order valence-electron chi connectivity index (χ4n) is 12.1. The molecule has 0 aromatic carbocycles. The Bertz CT molecular complexity index is 2760. The van der Waals surface area contributed by atoms with E-state index in [2.05, 4.69) is 70.3 Å². The van der Waals surface area contributed by atoms with Gasteiger partial charge in [0, 0.05) is 47.1 Å². The second kappa shape index (κ2) is 26.7. The number of ether oxygens (including phenoxy) is 5. The van der Waals surface area contributed by atoms with Crippen LogP contribution in [-0.2, 0) is 36.7 Å². The summed E-state index contributed by atoms with van der Waals surface area (Å²) >= 11 is 0. The number of aromatic amines is 3. The fourth-order valence-corrected chi connectivity index (χ4v) is 23.3. The first-order valence-electron chi connectivity index (χ1n) is 26.7. The highest BCUT2D eigenvalue weighted by Gasteiger charge is 2.63. The maximum atomic E-state index is 12.8. The molecule has 3 aromatic rings. The molecule has 3 unspecified atom stereocenters. The SMILES string of the molecule is C.C.C.C.CC[C@@]12COCC([C@H](n3cc(C)c(=O)[nH]c3=O)O1)[C@H]2O.Cc1cn([C@@H]2OC3(CO[Si](C(C)C)(C(C)C)O[Si](C(C)C)(C(C)C)OC3)[C@H](C)C2CO)c(=O)[nH]c1=O.Cc1cn([C@@H]2O[C@@]3(CO)COCC2[C@H]3C)c(=O)[nH]c1=O. The number of rotatable bonds is 10. The summed E-state index contributed by atoms with van der Waals surface area (Å²) in [5.74, 6) is -0.832. The minimum Gasteiger partial charge on any atom is -0.414 e. The lowest BCUT2D eigenvalue weighted by Gasteiger charge is -2.52. The van der Waals surface area contributed by atoms with Crippen LogP contribution in [0.25, 0.3) is 0 Å². The quantitative estimate of drug-likeness (QED) is 0.138. The van der Waals surface area contributed by atoms with Crippen LogP contribution >= 0.6 is 0 Å². The Morgan fingerprint density at radius 3 is 1.31 bits per heavy atom. The van der Waals surface area contributed by atoms with Gasteiger partial charge in [0.05, 0.1) is 64.9 Å². The van der Waals surface area contributed by atoms with E-state index in [1.54, 1.807) is 20.8 Å². The van der Waals surface area contributed by atoms with E-state index >= 15 is 0 Å². The average Bonchev–Trinajstić information content (AvgIpc) is 3.74. The molecule has 25 heteroatoms. The van der Waals surface area contributed by atoms with Crippen molar-refractivity contribution >= 4 is 17.1 Å². The van der Waals surface area contributed by atoms with E-state index in [-0.39, 0.29) is 108 Å². The van der Waals surface area contributed by atoms with Crippen molar-refractivity contribution in [1.29, 1.82) is 0 Å². The Hall–Kier alpha value is -3.97. The van der Waals surface area contributed by atoms with E-state index in [9.17, 15) is 44.1 Å². The third kappa shape index (κ3) is 12.3.